The second-order valence-corrected chi connectivity index (χ2v) is 9.90. The van der Waals surface area contributed by atoms with Crippen LogP contribution in [-0.4, -0.2) is 18.4 Å². The summed E-state index contributed by atoms with van der Waals surface area (Å²) < 4.78 is 5.65. The maximum atomic E-state index is 13.4. The number of hydrogen-bond acceptors (Lipinski definition) is 4. The summed E-state index contributed by atoms with van der Waals surface area (Å²) in [6.45, 7) is 11.1. The Morgan fingerprint density at radius 3 is 2.57 bits per heavy atom. The molecule has 0 fully saturated rings. The molecule has 6 heteroatoms. The number of carbonyl (C=O) groups excluding carboxylic acids is 2. The monoisotopic (exact) mass is 428 g/mol. The van der Waals surface area contributed by atoms with Crippen LogP contribution < -0.4 is 15.4 Å². The molecule has 0 bridgehead atoms. The molecule has 1 atom stereocenters. The van der Waals surface area contributed by atoms with Gasteiger partial charge in [0.2, 0.25) is 5.91 Å². The van der Waals surface area contributed by atoms with Crippen LogP contribution in [-0.2, 0) is 17.6 Å². The first-order valence-electron chi connectivity index (χ1n) is 10.7. The van der Waals surface area contributed by atoms with Gasteiger partial charge in [0.05, 0.1) is 17.9 Å². The molecule has 5 nitrogen and oxygen atoms in total. The van der Waals surface area contributed by atoms with Crippen molar-refractivity contribution in [2.75, 3.05) is 17.2 Å². The fourth-order valence-corrected chi connectivity index (χ4v) is 5.25. The minimum absolute atomic E-state index is 0.0789. The Labute approximate surface area is 183 Å². The Hall–Kier alpha value is -2.34. The largest absolute Gasteiger partial charge is 0.492 e. The molecular formula is C24H32N2O3S. The Bertz CT molecular complexity index is 927. The van der Waals surface area contributed by atoms with Crippen molar-refractivity contribution in [3.8, 4) is 5.75 Å². The number of fused-ring (bicyclic) bond motifs is 1. The highest BCUT2D eigenvalue weighted by molar-refractivity contribution is 7.17. The zero-order chi connectivity index (χ0) is 21.9. The maximum Gasteiger partial charge on any atom is 0.259 e. The average Bonchev–Trinajstić information content (AvgIpc) is 3.05. The van der Waals surface area contributed by atoms with Crippen LogP contribution in [0.25, 0.3) is 0 Å². The molecule has 1 heterocycles. The van der Waals surface area contributed by atoms with Crippen LogP contribution in [0.1, 0.15) is 68.3 Å². The van der Waals surface area contributed by atoms with Crippen molar-refractivity contribution >= 4 is 33.8 Å². The van der Waals surface area contributed by atoms with Crippen LogP contribution in [0.15, 0.2) is 24.3 Å². The lowest BCUT2D eigenvalue weighted by Gasteiger charge is -2.33. The highest BCUT2D eigenvalue weighted by Crippen LogP contribution is 2.44. The van der Waals surface area contributed by atoms with Gasteiger partial charge in [0.1, 0.15) is 10.8 Å². The number of ether oxygens (including phenoxy) is 1. The van der Waals surface area contributed by atoms with Gasteiger partial charge in [-0.1, -0.05) is 39.8 Å². The highest BCUT2D eigenvalue weighted by Gasteiger charge is 2.34. The van der Waals surface area contributed by atoms with E-state index in [0.29, 0.717) is 40.9 Å². The van der Waals surface area contributed by atoms with Gasteiger partial charge in [-0.05, 0) is 55.2 Å². The van der Waals surface area contributed by atoms with Gasteiger partial charge in [-0.25, -0.2) is 0 Å². The van der Waals surface area contributed by atoms with Gasteiger partial charge in [-0.3, -0.25) is 9.59 Å². The Balaban J connectivity index is 1.96. The van der Waals surface area contributed by atoms with Gasteiger partial charge < -0.3 is 15.4 Å². The molecule has 2 aromatic rings. The number of anilines is 2. The SMILES string of the molecule is CCOc1ccccc1NC(=O)c1c(NC(=O)CC)sc2c1CC[C@@H](C(C)(C)C)C2. The Morgan fingerprint density at radius 1 is 1.17 bits per heavy atom. The molecule has 0 radical (unpaired) electrons. The third-order valence-corrected chi connectivity index (χ3v) is 6.90. The van der Waals surface area contributed by atoms with E-state index < -0.39 is 0 Å². The number of carbonyl (C=O) groups is 2. The number of para-hydroxylation sites is 2. The number of hydrogen-bond donors (Lipinski definition) is 2. The first kappa shape index (κ1) is 22.3. The molecule has 3 rings (SSSR count). The van der Waals surface area contributed by atoms with Gasteiger partial charge in [0.25, 0.3) is 5.91 Å². The molecule has 30 heavy (non-hydrogen) atoms. The summed E-state index contributed by atoms with van der Waals surface area (Å²) in [5.41, 5.74) is 2.54. The standard InChI is InChI=1S/C24H32N2O3S/c1-6-20(27)26-23-21(16-13-12-15(24(3,4)5)14-19(16)30-23)22(28)25-17-10-8-9-11-18(17)29-7-2/h8-11,15H,6-7,12-14H2,1-5H3,(H,25,28)(H,26,27)/t15-/m1/s1. The first-order chi connectivity index (χ1) is 14.2. The van der Waals surface area contributed by atoms with Gasteiger partial charge in [-0.15, -0.1) is 11.3 Å². The van der Waals surface area contributed by atoms with Crippen molar-refractivity contribution in [2.24, 2.45) is 11.3 Å². The van der Waals surface area contributed by atoms with E-state index in [1.807, 2.05) is 38.1 Å². The third-order valence-electron chi connectivity index (χ3n) is 5.73. The highest BCUT2D eigenvalue weighted by atomic mass is 32.1. The lowest BCUT2D eigenvalue weighted by molar-refractivity contribution is -0.115. The summed E-state index contributed by atoms with van der Waals surface area (Å²) in [5.74, 6) is 0.933. The minimum atomic E-state index is -0.194. The van der Waals surface area contributed by atoms with Crippen LogP contribution in [0.2, 0.25) is 0 Å². The van der Waals surface area contributed by atoms with E-state index in [1.165, 1.54) is 4.88 Å². The first-order valence-corrected chi connectivity index (χ1v) is 11.5. The van der Waals surface area contributed by atoms with E-state index in [-0.39, 0.29) is 17.2 Å². The summed E-state index contributed by atoms with van der Waals surface area (Å²) in [7, 11) is 0. The van der Waals surface area contributed by atoms with E-state index >= 15 is 0 Å². The van der Waals surface area contributed by atoms with Crippen LogP contribution in [0.5, 0.6) is 5.75 Å². The molecule has 2 amide bonds. The quantitative estimate of drug-likeness (QED) is 0.602. The fraction of sp³-hybridized carbons (Fsp3) is 0.500. The normalized spacial score (nSPS) is 16.0. The molecule has 1 aromatic carbocycles. The smallest absolute Gasteiger partial charge is 0.259 e. The number of amides is 2. The van der Waals surface area contributed by atoms with Crippen molar-refractivity contribution in [3.63, 3.8) is 0 Å². The zero-order valence-electron chi connectivity index (χ0n) is 18.6. The van der Waals surface area contributed by atoms with Crippen molar-refractivity contribution in [2.45, 2.75) is 60.3 Å². The average molecular weight is 429 g/mol. The number of nitrogens with one attached hydrogen (secondary N) is 2. The molecule has 1 aliphatic carbocycles. The van der Waals surface area contributed by atoms with Crippen LogP contribution >= 0.6 is 11.3 Å². The van der Waals surface area contributed by atoms with Crippen LogP contribution in [0.4, 0.5) is 10.7 Å². The maximum absolute atomic E-state index is 13.4. The zero-order valence-corrected chi connectivity index (χ0v) is 19.4. The van der Waals surface area contributed by atoms with Crippen LogP contribution in [0, 0.1) is 11.3 Å². The Kier molecular flexibility index (Phi) is 6.86. The molecule has 0 saturated carbocycles. The minimum Gasteiger partial charge on any atom is -0.492 e. The predicted molar refractivity (Wildman–Crippen MR) is 124 cm³/mol. The van der Waals surface area contributed by atoms with E-state index in [2.05, 4.69) is 31.4 Å². The lowest BCUT2D eigenvalue weighted by Crippen LogP contribution is -2.27. The van der Waals surface area contributed by atoms with Crippen LogP contribution in [0.3, 0.4) is 0 Å². The lowest BCUT2D eigenvalue weighted by atomic mass is 9.72. The predicted octanol–water partition coefficient (Wildman–Crippen LogP) is 5.90. The topological polar surface area (TPSA) is 67.4 Å². The summed E-state index contributed by atoms with van der Waals surface area (Å²) in [6, 6.07) is 7.43. The molecule has 2 N–H and O–H groups in total. The van der Waals surface area contributed by atoms with Gasteiger partial charge in [0, 0.05) is 11.3 Å². The number of thiophene rings is 1. The van der Waals surface area contributed by atoms with E-state index in [9.17, 15) is 9.59 Å². The molecule has 0 spiro atoms. The van der Waals surface area contributed by atoms with Gasteiger partial charge in [0.15, 0.2) is 0 Å². The molecule has 0 unspecified atom stereocenters. The van der Waals surface area contributed by atoms with Crippen molar-refractivity contribution < 1.29 is 14.3 Å². The third kappa shape index (κ3) is 4.86. The van der Waals surface area contributed by atoms with Crippen molar-refractivity contribution in [1.82, 2.24) is 0 Å². The molecular weight excluding hydrogens is 396 g/mol. The van der Waals surface area contributed by atoms with Crippen molar-refractivity contribution in [3.05, 3.63) is 40.3 Å². The summed E-state index contributed by atoms with van der Waals surface area (Å²) in [5, 5.41) is 6.64. The van der Waals surface area contributed by atoms with Gasteiger partial charge in [-0.2, -0.15) is 0 Å². The summed E-state index contributed by atoms with van der Waals surface area (Å²) in [6.07, 6.45) is 3.22. The number of benzene rings is 1. The van der Waals surface area contributed by atoms with E-state index in [4.69, 9.17) is 4.74 Å². The van der Waals surface area contributed by atoms with Gasteiger partial charge >= 0.3 is 0 Å². The van der Waals surface area contributed by atoms with E-state index in [0.717, 1.165) is 24.8 Å². The second-order valence-electron chi connectivity index (χ2n) is 8.80. The summed E-state index contributed by atoms with van der Waals surface area (Å²) in [4.78, 5) is 26.7. The Morgan fingerprint density at radius 2 is 1.90 bits per heavy atom. The summed E-state index contributed by atoms with van der Waals surface area (Å²) >= 11 is 1.55. The molecule has 0 saturated heterocycles. The fourth-order valence-electron chi connectivity index (χ4n) is 3.90. The van der Waals surface area contributed by atoms with E-state index in [1.54, 1.807) is 11.3 Å². The molecule has 162 valence electrons. The molecule has 1 aliphatic rings. The molecule has 1 aromatic heterocycles. The number of rotatable bonds is 6. The second kappa shape index (κ2) is 9.21. The van der Waals surface area contributed by atoms with Crippen molar-refractivity contribution in [1.29, 1.82) is 0 Å². The molecule has 0 aliphatic heterocycles.